The van der Waals surface area contributed by atoms with Crippen LogP contribution in [0.25, 0.3) is 0 Å². The molecule has 1 unspecified atom stereocenters. The first-order valence-electron chi connectivity index (χ1n) is 8.24. The van der Waals surface area contributed by atoms with Gasteiger partial charge in [-0.1, -0.05) is 11.6 Å². The SMILES string of the molecule is CCN(c1cnc(C(=O)Nc2ccc(Cl)cc2)cn1)C1CCS(=O)(=O)C1. The third-order valence-electron chi connectivity index (χ3n) is 4.26. The van der Waals surface area contributed by atoms with Crippen LogP contribution in [0.1, 0.15) is 23.8 Å². The number of rotatable bonds is 5. The molecule has 0 spiro atoms. The average molecular weight is 395 g/mol. The highest BCUT2D eigenvalue weighted by Gasteiger charge is 2.32. The first-order valence-corrected chi connectivity index (χ1v) is 10.4. The molecule has 1 aliphatic rings. The van der Waals surface area contributed by atoms with Gasteiger partial charge in [0.05, 0.1) is 23.9 Å². The van der Waals surface area contributed by atoms with Crippen LogP contribution in [0.5, 0.6) is 0 Å². The second-order valence-electron chi connectivity index (χ2n) is 6.06. The summed E-state index contributed by atoms with van der Waals surface area (Å²) in [6.45, 7) is 2.55. The number of benzene rings is 1. The maximum Gasteiger partial charge on any atom is 0.275 e. The van der Waals surface area contributed by atoms with Gasteiger partial charge in [0.25, 0.3) is 5.91 Å². The fourth-order valence-corrected chi connectivity index (χ4v) is 4.80. The number of carbonyl (C=O) groups excluding carboxylic acids is 1. The molecule has 9 heteroatoms. The quantitative estimate of drug-likeness (QED) is 0.837. The van der Waals surface area contributed by atoms with Gasteiger partial charge in [0, 0.05) is 23.3 Å². The summed E-state index contributed by atoms with van der Waals surface area (Å²) in [7, 11) is -2.98. The van der Waals surface area contributed by atoms with Crippen molar-refractivity contribution in [1.82, 2.24) is 9.97 Å². The molecule has 7 nitrogen and oxygen atoms in total. The molecule has 0 aliphatic carbocycles. The minimum Gasteiger partial charge on any atom is -0.352 e. The molecule has 1 aromatic carbocycles. The van der Waals surface area contributed by atoms with Crippen molar-refractivity contribution >= 4 is 38.9 Å². The molecule has 2 aromatic rings. The van der Waals surface area contributed by atoms with E-state index in [2.05, 4.69) is 15.3 Å². The molecule has 1 fully saturated rings. The summed E-state index contributed by atoms with van der Waals surface area (Å²) in [6, 6.07) is 6.65. The molecule has 0 saturated carbocycles. The number of nitrogens with zero attached hydrogens (tertiary/aromatic N) is 3. The van der Waals surface area contributed by atoms with Crippen molar-refractivity contribution in [3.05, 3.63) is 47.4 Å². The van der Waals surface area contributed by atoms with Gasteiger partial charge in [0.1, 0.15) is 11.5 Å². The van der Waals surface area contributed by atoms with Gasteiger partial charge in [-0.2, -0.15) is 0 Å². The summed E-state index contributed by atoms with van der Waals surface area (Å²) in [4.78, 5) is 22.6. The van der Waals surface area contributed by atoms with Crippen molar-refractivity contribution in [1.29, 1.82) is 0 Å². The molecule has 0 bridgehead atoms. The molecule has 2 heterocycles. The van der Waals surface area contributed by atoms with Gasteiger partial charge in [-0.25, -0.2) is 18.4 Å². The number of hydrogen-bond donors (Lipinski definition) is 1. The number of hydrogen-bond acceptors (Lipinski definition) is 6. The van der Waals surface area contributed by atoms with Gasteiger partial charge in [-0.05, 0) is 37.6 Å². The molecule has 26 heavy (non-hydrogen) atoms. The number of halogens is 1. The third kappa shape index (κ3) is 4.31. The second-order valence-corrected chi connectivity index (χ2v) is 8.73. The minimum atomic E-state index is -2.98. The molecule has 1 saturated heterocycles. The van der Waals surface area contributed by atoms with Crippen molar-refractivity contribution in [2.24, 2.45) is 0 Å². The zero-order valence-corrected chi connectivity index (χ0v) is 15.8. The Morgan fingerprint density at radius 2 is 2.00 bits per heavy atom. The Bertz CT molecular complexity index is 885. The molecular formula is C17H19ClN4O3S. The lowest BCUT2D eigenvalue weighted by molar-refractivity contribution is 0.102. The smallest absolute Gasteiger partial charge is 0.275 e. The van der Waals surface area contributed by atoms with Gasteiger partial charge in [0.2, 0.25) is 0 Å². The first kappa shape index (κ1) is 18.6. The van der Waals surface area contributed by atoms with E-state index in [1.807, 2.05) is 11.8 Å². The highest BCUT2D eigenvalue weighted by molar-refractivity contribution is 7.91. The standard InChI is InChI=1S/C17H19ClN4O3S/c1-2-22(14-7-8-26(24,25)11-14)16-10-19-15(9-20-16)17(23)21-13-5-3-12(18)4-6-13/h3-6,9-10,14H,2,7-8,11H2,1H3,(H,21,23). The zero-order chi connectivity index (χ0) is 18.7. The fourth-order valence-electron chi connectivity index (χ4n) is 2.94. The van der Waals surface area contributed by atoms with E-state index in [4.69, 9.17) is 11.6 Å². The largest absolute Gasteiger partial charge is 0.352 e. The monoisotopic (exact) mass is 394 g/mol. The molecule has 1 amide bonds. The van der Waals surface area contributed by atoms with E-state index >= 15 is 0 Å². The summed E-state index contributed by atoms with van der Waals surface area (Å²) in [5.74, 6) is 0.514. The van der Waals surface area contributed by atoms with Crippen LogP contribution in [0.15, 0.2) is 36.7 Å². The van der Waals surface area contributed by atoms with Crippen LogP contribution in [0.3, 0.4) is 0 Å². The normalized spacial score (nSPS) is 18.5. The van der Waals surface area contributed by atoms with Crippen molar-refractivity contribution in [2.75, 3.05) is 28.3 Å². The summed E-state index contributed by atoms with van der Waals surface area (Å²) >= 11 is 5.82. The van der Waals surface area contributed by atoms with Crippen LogP contribution < -0.4 is 10.2 Å². The Morgan fingerprint density at radius 3 is 2.54 bits per heavy atom. The number of nitrogens with one attached hydrogen (secondary N) is 1. The minimum absolute atomic E-state index is 0.104. The lowest BCUT2D eigenvalue weighted by atomic mass is 10.2. The zero-order valence-electron chi connectivity index (χ0n) is 14.2. The first-order chi connectivity index (χ1) is 12.4. The van der Waals surface area contributed by atoms with E-state index < -0.39 is 9.84 Å². The summed E-state index contributed by atoms with van der Waals surface area (Å²) in [5, 5.41) is 3.30. The third-order valence-corrected chi connectivity index (χ3v) is 6.26. The van der Waals surface area contributed by atoms with Crippen molar-refractivity contribution < 1.29 is 13.2 Å². The summed E-state index contributed by atoms with van der Waals surface area (Å²) in [6.07, 6.45) is 3.48. The Balaban J connectivity index is 1.70. The molecule has 1 N–H and O–H groups in total. The summed E-state index contributed by atoms with van der Waals surface area (Å²) < 4.78 is 23.4. The average Bonchev–Trinajstić information content (AvgIpc) is 2.98. The van der Waals surface area contributed by atoms with Crippen molar-refractivity contribution in [2.45, 2.75) is 19.4 Å². The number of anilines is 2. The van der Waals surface area contributed by atoms with Crippen LogP contribution in [-0.2, 0) is 9.84 Å². The fraction of sp³-hybridized carbons (Fsp3) is 0.353. The highest BCUT2D eigenvalue weighted by atomic mass is 35.5. The van der Waals surface area contributed by atoms with Crippen LogP contribution in [-0.4, -0.2) is 48.4 Å². The number of sulfone groups is 1. The van der Waals surface area contributed by atoms with Gasteiger partial charge >= 0.3 is 0 Å². The molecule has 1 atom stereocenters. The van der Waals surface area contributed by atoms with E-state index in [0.717, 1.165) is 0 Å². The van der Waals surface area contributed by atoms with E-state index in [1.165, 1.54) is 12.4 Å². The molecule has 138 valence electrons. The Labute approximate surface area is 157 Å². The van der Waals surface area contributed by atoms with Crippen molar-refractivity contribution in [3.63, 3.8) is 0 Å². The number of carbonyl (C=O) groups is 1. The lowest BCUT2D eigenvalue weighted by Gasteiger charge is -2.27. The van der Waals surface area contributed by atoms with E-state index in [-0.39, 0.29) is 29.1 Å². The summed E-state index contributed by atoms with van der Waals surface area (Å²) in [5.41, 5.74) is 0.787. The predicted octanol–water partition coefficient (Wildman–Crippen LogP) is 2.40. The Morgan fingerprint density at radius 1 is 1.27 bits per heavy atom. The van der Waals surface area contributed by atoms with Gasteiger partial charge in [-0.15, -0.1) is 0 Å². The van der Waals surface area contributed by atoms with E-state index in [9.17, 15) is 13.2 Å². The number of amides is 1. The second kappa shape index (κ2) is 7.59. The molecular weight excluding hydrogens is 376 g/mol. The molecule has 1 aliphatic heterocycles. The van der Waals surface area contributed by atoms with Crippen LogP contribution in [0.2, 0.25) is 5.02 Å². The highest BCUT2D eigenvalue weighted by Crippen LogP contribution is 2.22. The van der Waals surface area contributed by atoms with Gasteiger partial charge in [-0.3, -0.25) is 4.79 Å². The topological polar surface area (TPSA) is 92.3 Å². The molecule has 3 rings (SSSR count). The van der Waals surface area contributed by atoms with E-state index in [0.29, 0.717) is 29.5 Å². The number of aromatic nitrogens is 2. The maximum atomic E-state index is 12.3. The predicted molar refractivity (Wildman–Crippen MR) is 102 cm³/mol. The molecule has 0 radical (unpaired) electrons. The van der Waals surface area contributed by atoms with Crippen LogP contribution in [0, 0.1) is 0 Å². The Hall–Kier alpha value is -2.19. The Kier molecular flexibility index (Phi) is 5.43. The molecule has 1 aromatic heterocycles. The van der Waals surface area contributed by atoms with Crippen LogP contribution >= 0.6 is 11.6 Å². The lowest BCUT2D eigenvalue weighted by Crippen LogP contribution is -2.36. The van der Waals surface area contributed by atoms with E-state index in [1.54, 1.807) is 24.3 Å². The maximum absolute atomic E-state index is 12.3. The van der Waals surface area contributed by atoms with Crippen LogP contribution in [0.4, 0.5) is 11.5 Å². The van der Waals surface area contributed by atoms with Gasteiger partial charge < -0.3 is 10.2 Å². The van der Waals surface area contributed by atoms with Crippen molar-refractivity contribution in [3.8, 4) is 0 Å². The van der Waals surface area contributed by atoms with Gasteiger partial charge in [0.15, 0.2) is 9.84 Å².